The summed E-state index contributed by atoms with van der Waals surface area (Å²) in [5.41, 5.74) is 1.48. The first-order chi connectivity index (χ1) is 11.0. The van der Waals surface area contributed by atoms with E-state index in [0.717, 1.165) is 13.0 Å². The number of hydrogen-bond acceptors (Lipinski definition) is 3. The molecule has 0 saturated carbocycles. The van der Waals surface area contributed by atoms with Gasteiger partial charge in [0.25, 0.3) is 0 Å². The van der Waals surface area contributed by atoms with Gasteiger partial charge in [-0.05, 0) is 18.6 Å². The summed E-state index contributed by atoms with van der Waals surface area (Å²) in [6.07, 6.45) is 0.511. The van der Waals surface area contributed by atoms with Crippen LogP contribution < -0.4 is 5.32 Å². The summed E-state index contributed by atoms with van der Waals surface area (Å²) < 4.78 is 15.7. The van der Waals surface area contributed by atoms with Crippen molar-refractivity contribution in [3.63, 3.8) is 0 Å². The lowest BCUT2D eigenvalue weighted by Crippen LogP contribution is -2.28. The predicted octanol–water partition coefficient (Wildman–Crippen LogP) is 2.72. The lowest BCUT2D eigenvalue weighted by molar-refractivity contribution is -0.118. The average Bonchev–Trinajstić information content (AvgIpc) is 3.01. The largest absolute Gasteiger partial charge is 0.335 e. The van der Waals surface area contributed by atoms with Gasteiger partial charge >= 0.3 is 0 Å². The molecule has 1 aliphatic rings. The van der Waals surface area contributed by atoms with Gasteiger partial charge in [0.2, 0.25) is 5.91 Å². The molecule has 3 rings (SSSR count). The van der Waals surface area contributed by atoms with Crippen LogP contribution in [0, 0.1) is 5.82 Å². The highest BCUT2D eigenvalue weighted by atomic mass is 35.5. The normalized spacial score (nSPS) is 18.4. The Hall–Kier alpha value is -1.92. The summed E-state index contributed by atoms with van der Waals surface area (Å²) in [6, 6.07) is 6.43. The third-order valence-corrected chi connectivity index (χ3v) is 4.38. The fraction of sp³-hybridized carbons (Fsp3) is 0.375. The van der Waals surface area contributed by atoms with Crippen LogP contribution in [-0.2, 0) is 11.8 Å². The van der Waals surface area contributed by atoms with Crippen LogP contribution >= 0.6 is 11.6 Å². The Morgan fingerprint density at radius 1 is 1.43 bits per heavy atom. The van der Waals surface area contributed by atoms with Gasteiger partial charge in [-0.3, -0.25) is 14.4 Å². The summed E-state index contributed by atoms with van der Waals surface area (Å²) in [7, 11) is 1.71. The Balaban J connectivity index is 2.12. The molecule has 1 aliphatic heterocycles. The van der Waals surface area contributed by atoms with Crippen LogP contribution in [0.15, 0.2) is 24.3 Å². The summed E-state index contributed by atoms with van der Waals surface area (Å²) in [4.78, 5) is 13.8. The number of nitrogens with zero attached hydrogens (tertiary/aromatic N) is 3. The molecule has 23 heavy (non-hydrogen) atoms. The number of hydrogen-bond donors (Lipinski definition) is 1. The van der Waals surface area contributed by atoms with Gasteiger partial charge in [0, 0.05) is 19.2 Å². The van der Waals surface area contributed by atoms with Crippen LogP contribution in [0.2, 0.25) is 5.15 Å². The van der Waals surface area contributed by atoms with Gasteiger partial charge in [-0.25, -0.2) is 4.39 Å². The molecule has 0 spiro atoms. The Morgan fingerprint density at radius 2 is 2.17 bits per heavy atom. The lowest BCUT2D eigenvalue weighted by atomic mass is 10.1. The van der Waals surface area contributed by atoms with Crippen molar-refractivity contribution >= 4 is 17.5 Å². The first-order valence-corrected chi connectivity index (χ1v) is 7.91. The minimum absolute atomic E-state index is 0.0668. The molecule has 1 aromatic heterocycles. The third kappa shape index (κ3) is 2.84. The second kappa shape index (κ2) is 6.29. The van der Waals surface area contributed by atoms with Crippen molar-refractivity contribution in [1.29, 1.82) is 0 Å². The van der Waals surface area contributed by atoms with Crippen LogP contribution in [0.4, 0.5) is 4.39 Å². The van der Waals surface area contributed by atoms with Crippen LogP contribution in [0.3, 0.4) is 0 Å². The molecule has 1 saturated heterocycles. The van der Waals surface area contributed by atoms with E-state index >= 15 is 0 Å². The maximum atomic E-state index is 14.2. The summed E-state index contributed by atoms with van der Waals surface area (Å²) in [6.45, 7) is 3.09. The van der Waals surface area contributed by atoms with Crippen LogP contribution in [0.1, 0.15) is 25.1 Å². The second-order valence-electron chi connectivity index (χ2n) is 5.60. The minimum atomic E-state index is -0.391. The summed E-state index contributed by atoms with van der Waals surface area (Å²) in [5, 5.41) is 7.69. The van der Waals surface area contributed by atoms with E-state index in [1.54, 1.807) is 25.2 Å². The van der Waals surface area contributed by atoms with E-state index in [2.05, 4.69) is 10.4 Å². The Bertz CT molecular complexity index is 746. The van der Waals surface area contributed by atoms with E-state index in [0.29, 0.717) is 28.5 Å². The van der Waals surface area contributed by atoms with Crippen molar-refractivity contribution in [2.45, 2.75) is 19.5 Å². The van der Waals surface area contributed by atoms with E-state index in [4.69, 9.17) is 11.6 Å². The predicted molar refractivity (Wildman–Crippen MR) is 86.4 cm³/mol. The van der Waals surface area contributed by atoms with E-state index in [-0.39, 0.29) is 11.7 Å². The second-order valence-corrected chi connectivity index (χ2v) is 5.96. The average molecular weight is 337 g/mol. The molecule has 0 radical (unpaired) electrons. The van der Waals surface area contributed by atoms with E-state index in [9.17, 15) is 9.18 Å². The fourth-order valence-corrected chi connectivity index (χ4v) is 3.16. The Kier molecular flexibility index (Phi) is 4.37. The van der Waals surface area contributed by atoms with Gasteiger partial charge in [-0.15, -0.1) is 0 Å². The molecule has 1 N–H and O–H groups in total. The number of rotatable bonds is 4. The van der Waals surface area contributed by atoms with Crippen LogP contribution in [0.25, 0.3) is 11.3 Å². The van der Waals surface area contributed by atoms with Crippen molar-refractivity contribution in [1.82, 2.24) is 20.0 Å². The van der Waals surface area contributed by atoms with Crippen LogP contribution in [-0.4, -0.2) is 33.7 Å². The number of nitrogens with one attached hydrogen (secondary N) is 1. The number of halogens is 2. The molecular formula is C16H18ClFN4O. The lowest BCUT2D eigenvalue weighted by Gasteiger charge is -2.23. The first kappa shape index (κ1) is 16.0. The van der Waals surface area contributed by atoms with Crippen molar-refractivity contribution in [3.8, 4) is 11.3 Å². The summed E-state index contributed by atoms with van der Waals surface area (Å²) >= 11 is 6.41. The number of aromatic nitrogens is 2. The smallest absolute Gasteiger partial charge is 0.235 e. The number of benzene rings is 1. The molecule has 0 bridgehead atoms. The van der Waals surface area contributed by atoms with Crippen molar-refractivity contribution in [2.75, 3.05) is 13.1 Å². The monoisotopic (exact) mass is 336 g/mol. The zero-order valence-electron chi connectivity index (χ0n) is 13.0. The molecule has 1 atom stereocenters. The molecule has 2 heterocycles. The molecular weight excluding hydrogens is 319 g/mol. The molecule has 1 unspecified atom stereocenters. The number of aryl methyl sites for hydroxylation is 1. The van der Waals surface area contributed by atoms with E-state index < -0.39 is 6.17 Å². The highest BCUT2D eigenvalue weighted by Gasteiger charge is 2.36. The van der Waals surface area contributed by atoms with Gasteiger partial charge in [0.1, 0.15) is 22.8 Å². The van der Waals surface area contributed by atoms with Crippen molar-refractivity contribution in [2.24, 2.45) is 7.05 Å². The van der Waals surface area contributed by atoms with Gasteiger partial charge in [-0.1, -0.05) is 30.7 Å². The Labute approximate surface area is 139 Å². The van der Waals surface area contributed by atoms with Gasteiger partial charge in [0.15, 0.2) is 0 Å². The quantitative estimate of drug-likeness (QED) is 0.934. The van der Waals surface area contributed by atoms with Crippen molar-refractivity contribution < 1.29 is 9.18 Å². The molecule has 0 aliphatic carbocycles. The minimum Gasteiger partial charge on any atom is -0.335 e. The standard InChI is InChI=1S/C16H18ClFN4O/c1-3-8-22-9-12(23)19-16(22)13-14(20-21(2)15(13)17)10-6-4-5-7-11(10)18/h4-7,16H,3,8-9H2,1-2H3,(H,19,23). The van der Waals surface area contributed by atoms with E-state index in [1.165, 1.54) is 10.7 Å². The number of amides is 1. The first-order valence-electron chi connectivity index (χ1n) is 7.53. The third-order valence-electron chi connectivity index (χ3n) is 3.93. The molecule has 1 aromatic carbocycles. The maximum absolute atomic E-state index is 14.2. The SMILES string of the molecule is CCCN1CC(=O)NC1c1c(-c2ccccc2F)nn(C)c1Cl. The van der Waals surface area contributed by atoms with Gasteiger partial charge in [0.05, 0.1) is 12.1 Å². The topological polar surface area (TPSA) is 50.2 Å². The highest BCUT2D eigenvalue weighted by Crippen LogP contribution is 2.37. The van der Waals surface area contributed by atoms with Gasteiger partial charge < -0.3 is 5.32 Å². The molecule has 5 nitrogen and oxygen atoms in total. The molecule has 2 aromatic rings. The zero-order chi connectivity index (χ0) is 16.6. The molecule has 122 valence electrons. The molecule has 1 amide bonds. The van der Waals surface area contributed by atoms with Crippen molar-refractivity contribution in [3.05, 3.63) is 40.8 Å². The van der Waals surface area contributed by atoms with Gasteiger partial charge in [-0.2, -0.15) is 5.10 Å². The molecule has 1 fully saturated rings. The number of carbonyl (C=O) groups excluding carboxylic acids is 1. The number of carbonyl (C=O) groups is 1. The highest BCUT2D eigenvalue weighted by molar-refractivity contribution is 6.30. The fourth-order valence-electron chi connectivity index (χ4n) is 2.93. The summed E-state index contributed by atoms with van der Waals surface area (Å²) in [5.74, 6) is -0.433. The van der Waals surface area contributed by atoms with Crippen LogP contribution in [0.5, 0.6) is 0 Å². The Morgan fingerprint density at radius 3 is 2.87 bits per heavy atom. The zero-order valence-corrected chi connectivity index (χ0v) is 13.8. The van der Waals surface area contributed by atoms with E-state index in [1.807, 2.05) is 11.8 Å². The molecule has 7 heteroatoms. The maximum Gasteiger partial charge on any atom is 0.235 e.